The highest BCUT2D eigenvalue weighted by Gasteiger charge is 2.21. The molecule has 1 amide bonds. The molecule has 0 aromatic heterocycles. The second-order valence-electron chi connectivity index (χ2n) is 2.20. The molecule has 0 aliphatic heterocycles. The molecule has 0 aliphatic rings. The molecule has 5 N–H and O–H groups in total. The van der Waals surface area contributed by atoms with Crippen LogP contribution in [0.3, 0.4) is 0 Å². The molecule has 0 saturated heterocycles. The van der Waals surface area contributed by atoms with Gasteiger partial charge < -0.3 is 21.3 Å². The third kappa shape index (κ3) is 3.31. The maximum Gasteiger partial charge on any atom is 0.251 e. The second-order valence-corrected chi connectivity index (χ2v) is 2.20. The Balaban J connectivity index is 3.80. The summed E-state index contributed by atoms with van der Waals surface area (Å²) in [5.74, 6) is -0.592. The molecular weight excluding hydrogens is 148 g/mol. The van der Waals surface area contributed by atoms with Crippen molar-refractivity contribution in [2.75, 3.05) is 13.6 Å². The van der Waals surface area contributed by atoms with Crippen LogP contribution in [-0.2, 0) is 4.79 Å². The van der Waals surface area contributed by atoms with Crippen LogP contribution in [0.25, 0.3) is 0 Å². The minimum atomic E-state index is -1.37. The van der Waals surface area contributed by atoms with Gasteiger partial charge in [-0.05, 0) is 13.0 Å². The first-order valence-electron chi connectivity index (χ1n) is 3.41. The molecule has 0 aromatic carbocycles. The van der Waals surface area contributed by atoms with Gasteiger partial charge in [-0.3, -0.25) is 4.79 Å². The van der Waals surface area contributed by atoms with E-state index >= 15 is 0 Å². The Morgan fingerprint density at radius 1 is 1.64 bits per heavy atom. The van der Waals surface area contributed by atoms with E-state index in [-0.39, 0.29) is 13.0 Å². The normalized spacial score (nSPS) is 15.6. The third-order valence-electron chi connectivity index (χ3n) is 1.34. The lowest BCUT2D eigenvalue weighted by Crippen LogP contribution is -2.41. The molecule has 0 aromatic rings. The Morgan fingerprint density at radius 3 is 2.55 bits per heavy atom. The van der Waals surface area contributed by atoms with Crippen molar-refractivity contribution in [2.45, 2.75) is 18.6 Å². The zero-order valence-corrected chi connectivity index (χ0v) is 6.45. The molecule has 0 saturated carbocycles. The fraction of sp³-hybridized carbons (Fsp3) is 0.833. The fourth-order valence-corrected chi connectivity index (χ4v) is 0.651. The van der Waals surface area contributed by atoms with E-state index in [4.69, 9.17) is 15.9 Å². The van der Waals surface area contributed by atoms with Crippen molar-refractivity contribution in [3.63, 3.8) is 0 Å². The number of hydrogen-bond donors (Lipinski definition) is 4. The predicted octanol–water partition coefficient (Wildman–Crippen LogP) is -2.20. The van der Waals surface area contributed by atoms with E-state index in [1.807, 2.05) is 0 Å². The monoisotopic (exact) mass is 162 g/mol. The summed E-state index contributed by atoms with van der Waals surface area (Å²) < 4.78 is 0. The molecule has 66 valence electrons. The molecule has 11 heavy (non-hydrogen) atoms. The first-order valence-corrected chi connectivity index (χ1v) is 3.41. The van der Waals surface area contributed by atoms with Crippen LogP contribution in [0.1, 0.15) is 6.42 Å². The van der Waals surface area contributed by atoms with Crippen LogP contribution in [0.5, 0.6) is 0 Å². The first kappa shape index (κ1) is 10.3. The molecule has 0 aliphatic carbocycles. The number of aliphatic hydroxyl groups is 2. The van der Waals surface area contributed by atoms with Gasteiger partial charge in [0.15, 0.2) is 6.10 Å². The van der Waals surface area contributed by atoms with Crippen LogP contribution >= 0.6 is 0 Å². The van der Waals surface area contributed by atoms with Crippen molar-refractivity contribution in [1.82, 2.24) is 5.32 Å². The van der Waals surface area contributed by atoms with Crippen LogP contribution in [-0.4, -0.2) is 41.9 Å². The van der Waals surface area contributed by atoms with E-state index in [9.17, 15) is 4.79 Å². The summed E-state index contributed by atoms with van der Waals surface area (Å²) >= 11 is 0. The summed E-state index contributed by atoms with van der Waals surface area (Å²) in [7, 11) is 1.39. The molecular formula is C6H14N2O3. The summed E-state index contributed by atoms with van der Waals surface area (Å²) in [6, 6.07) is 0. The number of hydrogen-bond acceptors (Lipinski definition) is 4. The summed E-state index contributed by atoms with van der Waals surface area (Å²) in [6.07, 6.45) is -2.22. The number of carbonyl (C=O) groups is 1. The minimum Gasteiger partial charge on any atom is -0.390 e. The number of nitrogens with one attached hydrogen (secondary N) is 1. The Morgan fingerprint density at radius 2 is 2.18 bits per heavy atom. The second kappa shape index (κ2) is 5.06. The van der Waals surface area contributed by atoms with Gasteiger partial charge in [0.05, 0.1) is 6.10 Å². The lowest BCUT2D eigenvalue weighted by Gasteiger charge is -2.14. The van der Waals surface area contributed by atoms with Gasteiger partial charge in [-0.15, -0.1) is 0 Å². The summed E-state index contributed by atoms with van der Waals surface area (Å²) in [4.78, 5) is 10.7. The number of likely N-dealkylation sites (N-methyl/N-ethyl adjacent to an activating group) is 1. The average Bonchev–Trinajstić information content (AvgIpc) is 2.02. The van der Waals surface area contributed by atoms with Crippen LogP contribution < -0.4 is 11.1 Å². The Labute approximate surface area is 65.2 Å². The molecule has 2 atom stereocenters. The molecule has 0 bridgehead atoms. The predicted molar refractivity (Wildman–Crippen MR) is 39.8 cm³/mol. The highest BCUT2D eigenvalue weighted by atomic mass is 16.3. The van der Waals surface area contributed by atoms with Crippen LogP contribution in [0.2, 0.25) is 0 Å². The molecule has 0 rings (SSSR count). The zero-order valence-electron chi connectivity index (χ0n) is 6.45. The topological polar surface area (TPSA) is 95.6 Å². The number of aliphatic hydroxyl groups excluding tert-OH is 2. The SMILES string of the molecule is CNC(=O)C(O)C(O)CCN. The van der Waals surface area contributed by atoms with Gasteiger partial charge in [-0.1, -0.05) is 0 Å². The van der Waals surface area contributed by atoms with Gasteiger partial charge in [-0.25, -0.2) is 0 Å². The quantitative estimate of drug-likeness (QED) is 0.377. The van der Waals surface area contributed by atoms with E-state index < -0.39 is 18.1 Å². The molecule has 5 heteroatoms. The summed E-state index contributed by atoms with van der Waals surface area (Å²) in [6.45, 7) is 0.245. The Kier molecular flexibility index (Phi) is 4.76. The molecule has 2 unspecified atom stereocenters. The highest BCUT2D eigenvalue weighted by molar-refractivity contribution is 5.80. The molecule has 0 radical (unpaired) electrons. The van der Waals surface area contributed by atoms with E-state index in [0.29, 0.717) is 0 Å². The van der Waals surface area contributed by atoms with Gasteiger partial charge >= 0.3 is 0 Å². The maximum absolute atomic E-state index is 10.7. The summed E-state index contributed by atoms with van der Waals surface area (Å²) in [5, 5.41) is 20.2. The standard InChI is InChI=1S/C6H14N2O3/c1-8-6(11)5(10)4(9)2-3-7/h4-5,9-10H,2-3,7H2,1H3,(H,8,11). The molecule has 0 spiro atoms. The number of carbonyl (C=O) groups excluding carboxylic acids is 1. The Hall–Kier alpha value is -0.650. The van der Waals surface area contributed by atoms with Crippen LogP contribution in [0, 0.1) is 0 Å². The van der Waals surface area contributed by atoms with E-state index in [1.54, 1.807) is 0 Å². The van der Waals surface area contributed by atoms with Crippen LogP contribution in [0.15, 0.2) is 0 Å². The van der Waals surface area contributed by atoms with Crippen molar-refractivity contribution < 1.29 is 15.0 Å². The minimum absolute atomic E-state index is 0.217. The first-order chi connectivity index (χ1) is 5.13. The molecule has 0 fully saturated rings. The lowest BCUT2D eigenvalue weighted by atomic mass is 10.1. The zero-order chi connectivity index (χ0) is 8.85. The third-order valence-corrected chi connectivity index (χ3v) is 1.34. The van der Waals surface area contributed by atoms with Crippen LogP contribution in [0.4, 0.5) is 0 Å². The van der Waals surface area contributed by atoms with Crippen molar-refractivity contribution in [3.8, 4) is 0 Å². The van der Waals surface area contributed by atoms with Crippen molar-refractivity contribution >= 4 is 5.91 Å². The largest absolute Gasteiger partial charge is 0.390 e. The molecule has 5 nitrogen and oxygen atoms in total. The molecule has 0 heterocycles. The number of rotatable bonds is 4. The summed E-state index contributed by atoms with van der Waals surface area (Å²) in [5.41, 5.74) is 5.11. The van der Waals surface area contributed by atoms with E-state index in [2.05, 4.69) is 5.32 Å². The van der Waals surface area contributed by atoms with Crippen molar-refractivity contribution in [3.05, 3.63) is 0 Å². The van der Waals surface area contributed by atoms with Gasteiger partial charge in [0.1, 0.15) is 0 Å². The van der Waals surface area contributed by atoms with Crippen molar-refractivity contribution in [1.29, 1.82) is 0 Å². The van der Waals surface area contributed by atoms with E-state index in [0.717, 1.165) is 0 Å². The fourth-order valence-electron chi connectivity index (χ4n) is 0.651. The van der Waals surface area contributed by atoms with E-state index in [1.165, 1.54) is 7.05 Å². The number of nitrogens with two attached hydrogens (primary N) is 1. The lowest BCUT2D eigenvalue weighted by molar-refractivity contribution is -0.134. The average molecular weight is 162 g/mol. The van der Waals surface area contributed by atoms with Gasteiger partial charge in [-0.2, -0.15) is 0 Å². The van der Waals surface area contributed by atoms with Gasteiger partial charge in [0, 0.05) is 7.05 Å². The van der Waals surface area contributed by atoms with Gasteiger partial charge in [0.2, 0.25) is 0 Å². The Bertz CT molecular complexity index is 129. The van der Waals surface area contributed by atoms with Crippen molar-refractivity contribution in [2.24, 2.45) is 5.73 Å². The highest BCUT2D eigenvalue weighted by Crippen LogP contribution is 1.96. The smallest absolute Gasteiger partial charge is 0.251 e. The number of amides is 1. The van der Waals surface area contributed by atoms with Gasteiger partial charge in [0.25, 0.3) is 5.91 Å². The maximum atomic E-state index is 10.7.